The smallest absolute Gasteiger partial charge is 0.151 e. The SMILES string of the molecule is CN(c1ccc(-c2cc3cccnc3cc2O)nn1)[C@H]1C[C@@H]2CCC[C@@H](N2)[C@H]1F. The predicted octanol–water partition coefficient (Wildman–Crippen LogP) is 3.45. The van der Waals surface area contributed by atoms with Gasteiger partial charge in [-0.05, 0) is 43.5 Å². The Labute approximate surface area is 168 Å². The van der Waals surface area contributed by atoms with Crippen molar-refractivity contribution in [1.29, 1.82) is 0 Å². The Balaban J connectivity index is 1.41. The summed E-state index contributed by atoms with van der Waals surface area (Å²) in [6, 6.07) is 11.1. The standard InChI is InChI=1S/C22H24FN5O/c1-28(19-11-14-5-2-6-17(25-14)22(19)23)21-8-7-16(26-27-21)15-10-13-4-3-9-24-18(13)12-20(15)29/h3-4,7-10,12,14,17,19,22,25,29H,2,5-6,11H2,1H3/t14-,17+,19-,22+/m0/s1. The Bertz CT molecular complexity index is 1030. The van der Waals surface area contributed by atoms with Crippen LogP contribution in [0.4, 0.5) is 10.2 Å². The second-order valence-electron chi connectivity index (χ2n) is 8.10. The molecule has 2 bridgehead atoms. The van der Waals surface area contributed by atoms with Crippen molar-refractivity contribution < 1.29 is 9.50 Å². The van der Waals surface area contributed by atoms with Gasteiger partial charge in [-0.15, -0.1) is 10.2 Å². The Morgan fingerprint density at radius 2 is 2.07 bits per heavy atom. The molecule has 2 aromatic heterocycles. The monoisotopic (exact) mass is 393 g/mol. The third kappa shape index (κ3) is 3.29. The number of piperidine rings is 2. The lowest BCUT2D eigenvalue weighted by molar-refractivity contribution is 0.107. The third-order valence-corrected chi connectivity index (χ3v) is 6.30. The van der Waals surface area contributed by atoms with E-state index in [0.717, 1.165) is 36.6 Å². The minimum Gasteiger partial charge on any atom is -0.507 e. The van der Waals surface area contributed by atoms with E-state index in [2.05, 4.69) is 20.5 Å². The molecule has 4 heterocycles. The number of halogens is 1. The summed E-state index contributed by atoms with van der Waals surface area (Å²) in [6.07, 6.45) is 4.64. The number of nitrogens with zero attached hydrogens (tertiary/aromatic N) is 4. The fourth-order valence-electron chi connectivity index (χ4n) is 4.69. The molecule has 5 rings (SSSR count). The van der Waals surface area contributed by atoms with Crippen LogP contribution < -0.4 is 10.2 Å². The van der Waals surface area contributed by atoms with E-state index in [9.17, 15) is 5.11 Å². The van der Waals surface area contributed by atoms with Crippen LogP contribution in [0.2, 0.25) is 0 Å². The Morgan fingerprint density at radius 3 is 2.90 bits per heavy atom. The van der Waals surface area contributed by atoms with Crippen LogP contribution in [0.1, 0.15) is 25.7 Å². The van der Waals surface area contributed by atoms with Crippen molar-refractivity contribution >= 4 is 16.7 Å². The molecule has 0 aliphatic carbocycles. The minimum atomic E-state index is -0.921. The molecule has 2 aliphatic heterocycles. The van der Waals surface area contributed by atoms with Crippen molar-refractivity contribution in [1.82, 2.24) is 20.5 Å². The lowest BCUT2D eigenvalue weighted by Crippen LogP contribution is -2.61. The van der Waals surface area contributed by atoms with E-state index in [0.29, 0.717) is 23.1 Å². The third-order valence-electron chi connectivity index (χ3n) is 6.30. The summed E-state index contributed by atoms with van der Waals surface area (Å²) in [5, 5.41) is 23.4. The summed E-state index contributed by atoms with van der Waals surface area (Å²) in [5.74, 6) is 0.755. The van der Waals surface area contributed by atoms with Gasteiger partial charge in [-0.25, -0.2) is 4.39 Å². The van der Waals surface area contributed by atoms with Crippen molar-refractivity contribution in [3.05, 3.63) is 42.6 Å². The molecule has 6 nitrogen and oxygen atoms in total. The minimum absolute atomic E-state index is 0.0645. The van der Waals surface area contributed by atoms with E-state index in [4.69, 9.17) is 0 Å². The van der Waals surface area contributed by atoms with Crippen molar-refractivity contribution in [2.75, 3.05) is 11.9 Å². The van der Waals surface area contributed by atoms with Gasteiger partial charge in [0.25, 0.3) is 0 Å². The molecule has 0 spiro atoms. The normalized spacial score (nSPS) is 26.4. The van der Waals surface area contributed by atoms with Gasteiger partial charge >= 0.3 is 0 Å². The summed E-state index contributed by atoms with van der Waals surface area (Å²) in [5.41, 5.74) is 1.90. The molecule has 3 aromatic rings. The first-order valence-corrected chi connectivity index (χ1v) is 10.1. The average Bonchev–Trinajstić information content (AvgIpc) is 2.76. The lowest BCUT2D eigenvalue weighted by atomic mass is 9.82. The van der Waals surface area contributed by atoms with E-state index >= 15 is 4.39 Å². The molecule has 7 heteroatoms. The van der Waals surface area contributed by atoms with E-state index < -0.39 is 6.17 Å². The topological polar surface area (TPSA) is 74.2 Å². The number of pyridine rings is 1. The Hall–Kier alpha value is -2.80. The van der Waals surface area contributed by atoms with Crippen LogP contribution in [0, 0.1) is 0 Å². The zero-order chi connectivity index (χ0) is 20.0. The van der Waals surface area contributed by atoms with Crippen molar-refractivity contribution in [2.45, 2.75) is 50.0 Å². The zero-order valence-corrected chi connectivity index (χ0v) is 16.3. The van der Waals surface area contributed by atoms with E-state index in [1.165, 1.54) is 0 Å². The fourth-order valence-corrected chi connectivity index (χ4v) is 4.69. The molecule has 2 fully saturated rings. The number of hydrogen-bond donors (Lipinski definition) is 2. The van der Waals surface area contributed by atoms with Gasteiger partial charge < -0.3 is 15.3 Å². The maximum absolute atomic E-state index is 15.0. The van der Waals surface area contributed by atoms with E-state index in [1.807, 2.05) is 42.3 Å². The average molecular weight is 393 g/mol. The highest BCUT2D eigenvalue weighted by molar-refractivity contribution is 5.87. The van der Waals surface area contributed by atoms with Gasteiger partial charge in [-0.3, -0.25) is 4.98 Å². The van der Waals surface area contributed by atoms with Crippen LogP contribution >= 0.6 is 0 Å². The second-order valence-corrected chi connectivity index (χ2v) is 8.10. The molecular weight excluding hydrogens is 369 g/mol. The van der Waals surface area contributed by atoms with Gasteiger partial charge in [0.2, 0.25) is 0 Å². The van der Waals surface area contributed by atoms with Gasteiger partial charge in [-0.1, -0.05) is 12.5 Å². The van der Waals surface area contributed by atoms with Gasteiger partial charge in [0.1, 0.15) is 11.9 Å². The summed E-state index contributed by atoms with van der Waals surface area (Å²) in [4.78, 5) is 6.17. The Morgan fingerprint density at radius 1 is 1.17 bits per heavy atom. The lowest BCUT2D eigenvalue weighted by Gasteiger charge is -2.46. The van der Waals surface area contributed by atoms with E-state index in [1.54, 1.807) is 12.3 Å². The molecule has 4 atom stereocenters. The summed E-state index contributed by atoms with van der Waals surface area (Å²) in [6.45, 7) is 0. The zero-order valence-electron chi connectivity index (χ0n) is 16.3. The molecule has 1 aromatic carbocycles. The number of benzene rings is 1. The molecule has 29 heavy (non-hydrogen) atoms. The van der Waals surface area contributed by atoms with Crippen molar-refractivity contribution in [2.24, 2.45) is 0 Å². The molecule has 2 N–H and O–H groups in total. The summed E-state index contributed by atoms with van der Waals surface area (Å²) < 4.78 is 15.0. The number of aromatic hydroxyl groups is 1. The number of aromatic nitrogens is 3. The predicted molar refractivity (Wildman–Crippen MR) is 111 cm³/mol. The van der Waals surface area contributed by atoms with Crippen LogP contribution in [0.25, 0.3) is 22.2 Å². The molecule has 2 aliphatic rings. The number of anilines is 1. The fraction of sp³-hybridized carbons (Fsp3) is 0.409. The molecule has 2 saturated heterocycles. The number of rotatable bonds is 3. The molecular formula is C22H24FN5O. The van der Waals surface area contributed by atoms with Gasteiger partial charge in [0, 0.05) is 42.3 Å². The first kappa shape index (κ1) is 18.2. The van der Waals surface area contributed by atoms with Crippen LogP contribution in [0.3, 0.4) is 0 Å². The maximum Gasteiger partial charge on any atom is 0.151 e. The van der Waals surface area contributed by atoms with Crippen LogP contribution in [0.15, 0.2) is 42.6 Å². The van der Waals surface area contributed by atoms with Gasteiger partial charge in [0.15, 0.2) is 5.82 Å². The van der Waals surface area contributed by atoms with Crippen molar-refractivity contribution in [3.63, 3.8) is 0 Å². The first-order chi connectivity index (χ1) is 14.1. The van der Waals surface area contributed by atoms with Gasteiger partial charge in [-0.2, -0.15) is 0 Å². The highest BCUT2D eigenvalue weighted by Gasteiger charge is 2.41. The number of nitrogens with one attached hydrogen (secondary N) is 1. The number of hydrogen-bond acceptors (Lipinski definition) is 6. The summed E-state index contributed by atoms with van der Waals surface area (Å²) >= 11 is 0. The number of phenols is 1. The highest BCUT2D eigenvalue weighted by atomic mass is 19.1. The Kier molecular flexibility index (Phi) is 4.54. The van der Waals surface area contributed by atoms with Gasteiger partial charge in [0.05, 0.1) is 17.3 Å². The molecule has 150 valence electrons. The number of fused-ring (bicyclic) bond motifs is 3. The highest BCUT2D eigenvalue weighted by Crippen LogP contribution is 2.34. The quantitative estimate of drug-likeness (QED) is 0.710. The second kappa shape index (κ2) is 7.22. The summed E-state index contributed by atoms with van der Waals surface area (Å²) in [7, 11) is 1.89. The van der Waals surface area contributed by atoms with Crippen LogP contribution in [0.5, 0.6) is 5.75 Å². The van der Waals surface area contributed by atoms with Crippen LogP contribution in [-0.2, 0) is 0 Å². The van der Waals surface area contributed by atoms with Crippen molar-refractivity contribution in [3.8, 4) is 17.0 Å². The first-order valence-electron chi connectivity index (χ1n) is 10.1. The molecule has 0 radical (unpaired) electrons. The molecule has 0 saturated carbocycles. The molecule has 0 unspecified atom stereocenters. The maximum atomic E-state index is 15.0. The molecule has 0 amide bonds. The van der Waals surface area contributed by atoms with Crippen LogP contribution in [-0.4, -0.2) is 51.6 Å². The number of alkyl halides is 1. The van der Waals surface area contributed by atoms with E-state index in [-0.39, 0.29) is 17.8 Å². The largest absolute Gasteiger partial charge is 0.507 e. The number of phenolic OH excluding ortho intramolecular Hbond substituents is 1.